The number of piperidine rings is 1. The fourth-order valence-electron chi connectivity index (χ4n) is 2.89. The molecule has 21 heavy (non-hydrogen) atoms. The third-order valence-corrected chi connectivity index (χ3v) is 4.35. The van der Waals surface area contributed by atoms with Gasteiger partial charge in [0.05, 0.1) is 0 Å². The van der Waals surface area contributed by atoms with Crippen molar-refractivity contribution < 1.29 is 4.79 Å². The smallest absolute Gasteiger partial charge is 0.251 e. The molecular formula is C17H27N3O. The number of carbonyl (C=O) groups excluding carboxylic acids is 1. The van der Waals surface area contributed by atoms with E-state index in [1.54, 1.807) is 0 Å². The van der Waals surface area contributed by atoms with Gasteiger partial charge in [0, 0.05) is 23.8 Å². The van der Waals surface area contributed by atoms with E-state index in [-0.39, 0.29) is 5.91 Å². The number of nitrogens with one attached hydrogen (secondary N) is 2. The molecule has 2 N–H and O–H groups in total. The number of rotatable bonds is 5. The van der Waals surface area contributed by atoms with E-state index in [4.69, 9.17) is 0 Å². The lowest BCUT2D eigenvalue weighted by Gasteiger charge is -2.33. The second-order valence-corrected chi connectivity index (χ2v) is 6.01. The molecule has 1 aliphatic heterocycles. The van der Waals surface area contributed by atoms with Gasteiger partial charge in [0.1, 0.15) is 0 Å². The van der Waals surface area contributed by atoms with Crippen LogP contribution in [0.25, 0.3) is 0 Å². The van der Waals surface area contributed by atoms with Gasteiger partial charge in [-0.05, 0) is 77.0 Å². The summed E-state index contributed by atoms with van der Waals surface area (Å²) < 4.78 is 0. The first kappa shape index (κ1) is 15.8. The van der Waals surface area contributed by atoms with E-state index in [1.165, 1.54) is 25.9 Å². The van der Waals surface area contributed by atoms with Crippen LogP contribution < -0.4 is 10.6 Å². The van der Waals surface area contributed by atoms with Crippen LogP contribution in [0.1, 0.15) is 37.0 Å². The molecule has 0 saturated carbocycles. The van der Waals surface area contributed by atoms with Crippen LogP contribution in [0.3, 0.4) is 0 Å². The molecule has 4 heteroatoms. The van der Waals surface area contributed by atoms with Crippen molar-refractivity contribution in [3.05, 3.63) is 29.8 Å². The molecular weight excluding hydrogens is 262 g/mol. The Kier molecular flexibility index (Phi) is 5.62. The standard InChI is InChI=1S/C17H27N3O/c1-4-18-17(21)15-5-7-16(8-6-15)19-13(2)14-9-11-20(3)12-10-14/h5-8,13-14,19H,4,9-12H2,1-3H3,(H,18,21). The summed E-state index contributed by atoms with van der Waals surface area (Å²) in [6, 6.07) is 8.23. The minimum Gasteiger partial charge on any atom is -0.382 e. The summed E-state index contributed by atoms with van der Waals surface area (Å²) in [5.41, 5.74) is 1.81. The monoisotopic (exact) mass is 289 g/mol. The van der Waals surface area contributed by atoms with E-state index in [0.717, 1.165) is 11.6 Å². The van der Waals surface area contributed by atoms with Crippen LogP contribution in [-0.4, -0.2) is 43.5 Å². The van der Waals surface area contributed by atoms with Crippen LogP contribution in [0.15, 0.2) is 24.3 Å². The molecule has 1 aromatic rings. The van der Waals surface area contributed by atoms with Crippen molar-refractivity contribution in [2.75, 3.05) is 32.0 Å². The van der Waals surface area contributed by atoms with Gasteiger partial charge in [-0.15, -0.1) is 0 Å². The highest BCUT2D eigenvalue weighted by molar-refractivity contribution is 5.94. The van der Waals surface area contributed by atoms with Gasteiger partial charge >= 0.3 is 0 Å². The number of hydrogen-bond acceptors (Lipinski definition) is 3. The molecule has 1 saturated heterocycles. The molecule has 1 heterocycles. The number of carbonyl (C=O) groups is 1. The molecule has 1 atom stereocenters. The van der Waals surface area contributed by atoms with E-state index >= 15 is 0 Å². The number of benzene rings is 1. The Morgan fingerprint density at radius 1 is 1.29 bits per heavy atom. The molecule has 0 aliphatic carbocycles. The predicted molar refractivity (Wildman–Crippen MR) is 87.8 cm³/mol. The van der Waals surface area contributed by atoms with Crippen molar-refractivity contribution >= 4 is 11.6 Å². The Morgan fingerprint density at radius 3 is 2.48 bits per heavy atom. The highest BCUT2D eigenvalue weighted by Crippen LogP contribution is 2.22. The zero-order chi connectivity index (χ0) is 15.2. The summed E-state index contributed by atoms with van der Waals surface area (Å²) in [6.45, 7) is 7.22. The van der Waals surface area contributed by atoms with E-state index < -0.39 is 0 Å². The average Bonchev–Trinajstić information content (AvgIpc) is 2.49. The fourth-order valence-corrected chi connectivity index (χ4v) is 2.89. The number of likely N-dealkylation sites (tertiary alicyclic amines) is 1. The number of amides is 1. The van der Waals surface area contributed by atoms with Crippen LogP contribution in [0.4, 0.5) is 5.69 Å². The molecule has 0 aromatic heterocycles. The molecule has 1 aliphatic rings. The molecule has 1 fully saturated rings. The Balaban J connectivity index is 1.89. The quantitative estimate of drug-likeness (QED) is 0.875. The molecule has 1 aromatic carbocycles. The van der Waals surface area contributed by atoms with E-state index in [0.29, 0.717) is 18.2 Å². The van der Waals surface area contributed by atoms with Crippen molar-refractivity contribution in [1.82, 2.24) is 10.2 Å². The summed E-state index contributed by atoms with van der Waals surface area (Å²) in [5.74, 6) is 0.719. The summed E-state index contributed by atoms with van der Waals surface area (Å²) >= 11 is 0. The van der Waals surface area contributed by atoms with Crippen LogP contribution >= 0.6 is 0 Å². The van der Waals surface area contributed by atoms with Crippen LogP contribution in [0.2, 0.25) is 0 Å². The SMILES string of the molecule is CCNC(=O)c1ccc(NC(C)C2CCN(C)CC2)cc1. The van der Waals surface area contributed by atoms with Crippen LogP contribution in [0, 0.1) is 5.92 Å². The van der Waals surface area contributed by atoms with E-state index in [2.05, 4.69) is 29.5 Å². The normalized spacial score (nSPS) is 18.2. The first-order chi connectivity index (χ1) is 10.1. The molecule has 0 spiro atoms. The molecule has 2 rings (SSSR count). The first-order valence-electron chi connectivity index (χ1n) is 7.93. The highest BCUT2D eigenvalue weighted by atomic mass is 16.1. The zero-order valence-corrected chi connectivity index (χ0v) is 13.4. The molecule has 4 nitrogen and oxygen atoms in total. The zero-order valence-electron chi connectivity index (χ0n) is 13.4. The molecule has 0 bridgehead atoms. The van der Waals surface area contributed by atoms with Crippen molar-refractivity contribution in [3.8, 4) is 0 Å². The number of hydrogen-bond donors (Lipinski definition) is 2. The average molecular weight is 289 g/mol. The van der Waals surface area contributed by atoms with Gasteiger partial charge in [0.15, 0.2) is 0 Å². The van der Waals surface area contributed by atoms with Gasteiger partial charge < -0.3 is 15.5 Å². The maximum Gasteiger partial charge on any atom is 0.251 e. The lowest BCUT2D eigenvalue weighted by molar-refractivity contribution is 0.0956. The minimum atomic E-state index is -0.00702. The Labute approximate surface area is 127 Å². The third kappa shape index (κ3) is 4.46. The highest BCUT2D eigenvalue weighted by Gasteiger charge is 2.22. The Morgan fingerprint density at radius 2 is 1.90 bits per heavy atom. The topological polar surface area (TPSA) is 44.4 Å². The minimum absolute atomic E-state index is 0.00702. The van der Waals surface area contributed by atoms with Gasteiger partial charge in [-0.2, -0.15) is 0 Å². The maximum absolute atomic E-state index is 11.7. The van der Waals surface area contributed by atoms with Gasteiger partial charge in [0.2, 0.25) is 0 Å². The van der Waals surface area contributed by atoms with Gasteiger partial charge in [-0.3, -0.25) is 4.79 Å². The Bertz CT molecular complexity index is 450. The van der Waals surface area contributed by atoms with Gasteiger partial charge in [-0.1, -0.05) is 0 Å². The second-order valence-electron chi connectivity index (χ2n) is 6.01. The largest absolute Gasteiger partial charge is 0.382 e. The third-order valence-electron chi connectivity index (χ3n) is 4.35. The summed E-state index contributed by atoms with van der Waals surface area (Å²) in [5, 5.41) is 6.39. The number of anilines is 1. The lowest BCUT2D eigenvalue weighted by atomic mass is 9.90. The van der Waals surface area contributed by atoms with Crippen LogP contribution in [0.5, 0.6) is 0 Å². The molecule has 0 radical (unpaired) electrons. The Hall–Kier alpha value is -1.55. The van der Waals surface area contributed by atoms with Crippen molar-refractivity contribution in [2.45, 2.75) is 32.7 Å². The summed E-state index contributed by atoms with van der Waals surface area (Å²) in [7, 11) is 2.19. The summed E-state index contributed by atoms with van der Waals surface area (Å²) in [4.78, 5) is 14.1. The molecule has 116 valence electrons. The first-order valence-corrected chi connectivity index (χ1v) is 7.93. The second kappa shape index (κ2) is 7.46. The van der Waals surface area contributed by atoms with E-state index in [9.17, 15) is 4.79 Å². The van der Waals surface area contributed by atoms with Crippen molar-refractivity contribution in [2.24, 2.45) is 5.92 Å². The number of nitrogens with zero attached hydrogens (tertiary/aromatic N) is 1. The van der Waals surface area contributed by atoms with Crippen LogP contribution in [-0.2, 0) is 0 Å². The van der Waals surface area contributed by atoms with E-state index in [1.807, 2.05) is 31.2 Å². The lowest BCUT2D eigenvalue weighted by Crippen LogP contribution is -2.37. The van der Waals surface area contributed by atoms with Crippen molar-refractivity contribution in [3.63, 3.8) is 0 Å². The molecule has 1 amide bonds. The summed E-state index contributed by atoms with van der Waals surface area (Å²) in [6.07, 6.45) is 2.50. The van der Waals surface area contributed by atoms with Gasteiger partial charge in [-0.25, -0.2) is 0 Å². The van der Waals surface area contributed by atoms with Gasteiger partial charge in [0.25, 0.3) is 5.91 Å². The molecule has 1 unspecified atom stereocenters. The van der Waals surface area contributed by atoms with Crippen molar-refractivity contribution in [1.29, 1.82) is 0 Å². The fraction of sp³-hybridized carbons (Fsp3) is 0.588. The maximum atomic E-state index is 11.7. The predicted octanol–water partition coefficient (Wildman–Crippen LogP) is 2.58.